The summed E-state index contributed by atoms with van der Waals surface area (Å²) in [5.74, 6) is -1.50. The fourth-order valence-electron chi connectivity index (χ4n) is 3.24. The van der Waals surface area contributed by atoms with Crippen molar-refractivity contribution >= 4 is 27.6 Å². The van der Waals surface area contributed by atoms with E-state index < -0.39 is 28.1 Å². The molecule has 0 amide bonds. The highest BCUT2D eigenvalue weighted by atomic mass is 32.2. The van der Waals surface area contributed by atoms with E-state index in [1.54, 1.807) is 12.1 Å². The molecule has 0 saturated heterocycles. The monoisotopic (exact) mass is 403 g/mol. The molecule has 0 N–H and O–H groups in total. The maximum Gasteiger partial charge on any atom is 0.346 e. The second-order valence-corrected chi connectivity index (χ2v) is 8.40. The fourth-order valence-corrected chi connectivity index (χ4v) is 4.98. The number of methoxy groups -OCH3 is 1. The van der Waals surface area contributed by atoms with Crippen LogP contribution >= 0.6 is 0 Å². The van der Waals surface area contributed by atoms with E-state index in [0.29, 0.717) is 12.1 Å². The van der Waals surface area contributed by atoms with Crippen LogP contribution in [-0.2, 0) is 30.7 Å². The van der Waals surface area contributed by atoms with Gasteiger partial charge in [-0.1, -0.05) is 24.3 Å². The van der Waals surface area contributed by atoms with Gasteiger partial charge in [0, 0.05) is 6.04 Å². The van der Waals surface area contributed by atoms with Crippen molar-refractivity contribution in [2.45, 2.75) is 37.3 Å². The summed E-state index contributed by atoms with van der Waals surface area (Å²) in [7, 11) is -2.68. The SMILES string of the molecule is COC(=O)[C@@H](C)OC(=O)c1cccc(S(=O)(=O)N2c3ccccc3C[C@@H]2C)c1. The van der Waals surface area contributed by atoms with Gasteiger partial charge in [0.2, 0.25) is 0 Å². The normalized spacial score (nSPS) is 17.0. The Bertz CT molecular complexity index is 1020. The molecule has 0 bridgehead atoms. The van der Waals surface area contributed by atoms with Gasteiger partial charge in [0.15, 0.2) is 6.10 Å². The number of carbonyl (C=O) groups is 2. The van der Waals surface area contributed by atoms with Gasteiger partial charge in [-0.2, -0.15) is 0 Å². The Balaban J connectivity index is 1.91. The maximum absolute atomic E-state index is 13.3. The van der Waals surface area contributed by atoms with Crippen LogP contribution in [0.3, 0.4) is 0 Å². The number of sulfonamides is 1. The summed E-state index contributed by atoms with van der Waals surface area (Å²) in [6.45, 7) is 3.22. The Kier molecular flexibility index (Phi) is 5.42. The third kappa shape index (κ3) is 3.60. The smallest absolute Gasteiger partial charge is 0.346 e. The van der Waals surface area contributed by atoms with Gasteiger partial charge >= 0.3 is 11.9 Å². The van der Waals surface area contributed by atoms with E-state index in [-0.39, 0.29) is 16.5 Å². The van der Waals surface area contributed by atoms with Crippen LogP contribution in [0.2, 0.25) is 0 Å². The molecule has 2 aromatic rings. The molecule has 2 aromatic carbocycles. The van der Waals surface area contributed by atoms with Crippen molar-refractivity contribution in [3.8, 4) is 0 Å². The molecule has 28 heavy (non-hydrogen) atoms. The number of hydrogen-bond acceptors (Lipinski definition) is 6. The average Bonchev–Trinajstić information content (AvgIpc) is 3.03. The summed E-state index contributed by atoms with van der Waals surface area (Å²) in [4.78, 5) is 23.7. The number of ether oxygens (including phenoxy) is 2. The molecule has 0 aromatic heterocycles. The zero-order valence-corrected chi connectivity index (χ0v) is 16.6. The molecular formula is C20H21NO6S. The Hall–Kier alpha value is -2.87. The molecule has 0 radical (unpaired) electrons. The lowest BCUT2D eigenvalue weighted by molar-refractivity contribution is -0.149. The third-order valence-corrected chi connectivity index (χ3v) is 6.51. The molecule has 0 fully saturated rings. The summed E-state index contributed by atoms with van der Waals surface area (Å²) in [6, 6.07) is 12.7. The largest absolute Gasteiger partial charge is 0.466 e. The zero-order valence-electron chi connectivity index (χ0n) is 15.8. The molecule has 0 aliphatic carbocycles. The first-order chi connectivity index (χ1) is 13.3. The number of rotatable bonds is 5. The number of carbonyl (C=O) groups excluding carboxylic acids is 2. The van der Waals surface area contributed by atoms with Crippen LogP contribution in [0.5, 0.6) is 0 Å². The second-order valence-electron chi connectivity index (χ2n) is 6.58. The van der Waals surface area contributed by atoms with Gasteiger partial charge in [-0.25, -0.2) is 18.0 Å². The molecule has 148 valence electrons. The molecule has 2 atom stereocenters. The highest BCUT2D eigenvalue weighted by Crippen LogP contribution is 2.36. The first kappa shape index (κ1) is 19.9. The topological polar surface area (TPSA) is 90.0 Å². The van der Waals surface area contributed by atoms with Gasteiger partial charge in [-0.15, -0.1) is 0 Å². The van der Waals surface area contributed by atoms with Crippen molar-refractivity contribution in [3.63, 3.8) is 0 Å². The van der Waals surface area contributed by atoms with Crippen molar-refractivity contribution in [3.05, 3.63) is 59.7 Å². The summed E-state index contributed by atoms with van der Waals surface area (Å²) in [6.07, 6.45) is -0.475. The average molecular weight is 403 g/mol. The molecule has 1 heterocycles. The quantitative estimate of drug-likeness (QED) is 0.713. The zero-order chi connectivity index (χ0) is 20.5. The lowest BCUT2D eigenvalue weighted by Crippen LogP contribution is -2.35. The van der Waals surface area contributed by atoms with Crippen molar-refractivity contribution in [1.29, 1.82) is 0 Å². The third-order valence-electron chi connectivity index (χ3n) is 4.59. The number of fused-ring (bicyclic) bond motifs is 1. The summed E-state index contributed by atoms with van der Waals surface area (Å²) >= 11 is 0. The molecule has 1 aliphatic rings. The minimum atomic E-state index is -3.87. The number of benzene rings is 2. The summed E-state index contributed by atoms with van der Waals surface area (Å²) in [5.41, 5.74) is 1.64. The van der Waals surface area contributed by atoms with Crippen molar-refractivity contribution in [2.24, 2.45) is 0 Å². The van der Waals surface area contributed by atoms with Crippen molar-refractivity contribution in [2.75, 3.05) is 11.4 Å². The van der Waals surface area contributed by atoms with Gasteiger partial charge in [0.05, 0.1) is 23.3 Å². The van der Waals surface area contributed by atoms with Crippen LogP contribution in [0.1, 0.15) is 29.8 Å². The number of anilines is 1. The van der Waals surface area contributed by atoms with Gasteiger partial charge in [-0.3, -0.25) is 4.31 Å². The number of nitrogens with zero attached hydrogens (tertiary/aromatic N) is 1. The molecule has 0 unspecified atom stereocenters. The Labute approximate surface area is 163 Å². The molecule has 3 rings (SSSR count). The van der Waals surface area contributed by atoms with Crippen LogP contribution in [0.4, 0.5) is 5.69 Å². The standard InChI is InChI=1S/C20H21NO6S/c1-13-11-15-7-4-5-10-18(15)21(13)28(24,25)17-9-6-8-16(12-17)20(23)27-14(2)19(22)26-3/h4-10,12-14H,11H2,1-3H3/t13-,14+/m0/s1. The molecule has 7 nitrogen and oxygen atoms in total. The van der Waals surface area contributed by atoms with E-state index in [1.165, 1.54) is 42.6 Å². The van der Waals surface area contributed by atoms with Crippen molar-refractivity contribution < 1.29 is 27.5 Å². The van der Waals surface area contributed by atoms with Crippen LogP contribution in [0, 0.1) is 0 Å². The minimum Gasteiger partial charge on any atom is -0.466 e. The van der Waals surface area contributed by atoms with Gasteiger partial charge in [0.1, 0.15) is 0 Å². The van der Waals surface area contributed by atoms with Gasteiger partial charge < -0.3 is 9.47 Å². The first-order valence-corrected chi connectivity index (χ1v) is 10.2. The second kappa shape index (κ2) is 7.63. The number of hydrogen-bond donors (Lipinski definition) is 0. The van der Waals surface area contributed by atoms with E-state index >= 15 is 0 Å². The Morgan fingerprint density at radius 2 is 1.86 bits per heavy atom. The minimum absolute atomic E-state index is 0.0174. The van der Waals surface area contributed by atoms with Crippen molar-refractivity contribution in [1.82, 2.24) is 0 Å². The van der Waals surface area contributed by atoms with Crippen LogP contribution in [0.25, 0.3) is 0 Å². The fraction of sp³-hybridized carbons (Fsp3) is 0.300. The van der Waals surface area contributed by atoms with E-state index in [2.05, 4.69) is 4.74 Å². The Morgan fingerprint density at radius 1 is 1.14 bits per heavy atom. The van der Waals surface area contributed by atoms with E-state index in [0.717, 1.165) is 5.56 Å². The van der Waals surface area contributed by atoms with Gasteiger partial charge in [-0.05, 0) is 50.1 Å². The lowest BCUT2D eigenvalue weighted by Gasteiger charge is -2.24. The van der Waals surface area contributed by atoms with E-state index in [9.17, 15) is 18.0 Å². The van der Waals surface area contributed by atoms with Crippen LogP contribution in [-0.4, -0.2) is 39.6 Å². The molecule has 8 heteroatoms. The molecule has 0 saturated carbocycles. The predicted molar refractivity (Wildman–Crippen MR) is 103 cm³/mol. The maximum atomic E-state index is 13.3. The lowest BCUT2D eigenvalue weighted by atomic mass is 10.1. The molecule has 1 aliphatic heterocycles. The predicted octanol–water partition coefficient (Wildman–Crippen LogP) is 2.54. The van der Waals surface area contributed by atoms with Crippen LogP contribution in [0.15, 0.2) is 53.4 Å². The first-order valence-electron chi connectivity index (χ1n) is 8.77. The number of esters is 2. The summed E-state index contributed by atoms with van der Waals surface area (Å²) in [5, 5.41) is 0. The van der Waals surface area contributed by atoms with E-state index in [1.807, 2.05) is 19.1 Å². The highest BCUT2D eigenvalue weighted by Gasteiger charge is 2.36. The molecular weight excluding hydrogens is 382 g/mol. The summed E-state index contributed by atoms with van der Waals surface area (Å²) < 4.78 is 37.5. The Morgan fingerprint density at radius 3 is 2.57 bits per heavy atom. The van der Waals surface area contributed by atoms with Crippen LogP contribution < -0.4 is 4.31 Å². The van der Waals surface area contributed by atoms with Gasteiger partial charge in [0.25, 0.3) is 10.0 Å². The van der Waals surface area contributed by atoms with E-state index in [4.69, 9.17) is 4.74 Å². The highest BCUT2D eigenvalue weighted by molar-refractivity contribution is 7.92. The molecule has 0 spiro atoms. The number of para-hydroxylation sites is 1.